The van der Waals surface area contributed by atoms with Crippen LogP contribution in [0.1, 0.15) is 12.0 Å². The summed E-state index contributed by atoms with van der Waals surface area (Å²) in [5.74, 6) is -0.391. The Morgan fingerprint density at radius 2 is 1.45 bits per heavy atom. The number of hydrogen-bond acceptors (Lipinski definition) is 4. The lowest BCUT2D eigenvalue weighted by atomic mass is 10.1. The van der Waals surface area contributed by atoms with Gasteiger partial charge in [-0.3, -0.25) is 0 Å². The zero-order chi connectivity index (χ0) is 23.5. The first-order valence-electron chi connectivity index (χ1n) is 10.2. The Morgan fingerprint density at radius 1 is 0.848 bits per heavy atom. The molecule has 0 radical (unpaired) electrons. The van der Waals surface area contributed by atoms with E-state index in [1.165, 1.54) is 30.3 Å². The molecule has 174 valence electrons. The van der Waals surface area contributed by atoms with Gasteiger partial charge in [0.25, 0.3) is 6.43 Å². The molecule has 3 aromatic rings. The van der Waals surface area contributed by atoms with Crippen LogP contribution in [0.4, 0.5) is 35.9 Å². The summed E-state index contributed by atoms with van der Waals surface area (Å²) in [6.45, 7) is 2.12. The molecular weight excluding hydrogens is 475 g/mol. The maximum Gasteiger partial charge on any atom is 0.263 e. The molecule has 5 nitrogen and oxygen atoms in total. The largest absolute Gasteiger partial charge is 0.366 e. The smallest absolute Gasteiger partial charge is 0.263 e. The molecule has 0 amide bonds. The summed E-state index contributed by atoms with van der Waals surface area (Å²) in [6, 6.07) is 16.7. The average molecular weight is 496 g/mol. The number of piperazine rings is 1. The van der Waals surface area contributed by atoms with Crippen molar-refractivity contribution in [1.82, 2.24) is 0 Å². The first-order chi connectivity index (χ1) is 15.8. The predicted molar refractivity (Wildman–Crippen MR) is 126 cm³/mol. The average Bonchev–Trinajstić information content (AvgIpc) is 2.80. The predicted octanol–water partition coefficient (Wildman–Crippen LogP) is 5.41. The van der Waals surface area contributed by atoms with E-state index in [1.807, 2.05) is 15.9 Å². The first-order valence-corrected chi connectivity index (χ1v) is 11.7. The third-order valence-electron chi connectivity index (χ3n) is 5.53. The minimum Gasteiger partial charge on any atom is -0.366 e. The molecule has 1 saturated heterocycles. The Bertz CT molecular complexity index is 1190. The first kappa shape index (κ1) is 23.3. The Kier molecular flexibility index (Phi) is 6.99. The highest BCUT2D eigenvalue weighted by molar-refractivity contribution is 7.74. The standard InChI is InChI=1S/C23H21ClF3N3O2S/c24-17-7-10-20(19(25)15-17)28-11-13-29(14-12-28)21-3-1-2-4-22(21)30(33(31)32)18-8-5-16(6-9-18)23(26)27/h1-10,15,23,33H,11-14H2. The summed E-state index contributed by atoms with van der Waals surface area (Å²) in [5, 5.41) is 0.331. The fourth-order valence-corrected chi connectivity index (χ4v) is 4.74. The molecule has 0 bridgehead atoms. The number of hydrogen-bond donors (Lipinski definition) is 1. The Labute approximate surface area is 196 Å². The second-order valence-corrected chi connectivity index (χ2v) is 8.81. The second-order valence-electron chi connectivity index (χ2n) is 7.50. The number of benzene rings is 3. The third-order valence-corrected chi connectivity index (χ3v) is 6.54. The third kappa shape index (κ3) is 5.04. The molecule has 1 aliphatic heterocycles. The van der Waals surface area contributed by atoms with Crippen LogP contribution in [-0.4, -0.2) is 34.6 Å². The molecule has 0 N–H and O–H groups in total. The van der Waals surface area contributed by atoms with Gasteiger partial charge in [0.2, 0.25) is 10.9 Å². The van der Waals surface area contributed by atoms with Gasteiger partial charge in [0, 0.05) is 36.8 Å². The van der Waals surface area contributed by atoms with E-state index in [0.29, 0.717) is 48.3 Å². The fourth-order valence-electron chi connectivity index (χ4n) is 3.92. The molecular formula is C23H21ClF3N3O2S. The Balaban J connectivity index is 1.59. The molecule has 1 heterocycles. The van der Waals surface area contributed by atoms with E-state index in [9.17, 15) is 21.6 Å². The van der Waals surface area contributed by atoms with Crippen LogP contribution >= 0.6 is 11.6 Å². The Morgan fingerprint density at radius 3 is 2.03 bits per heavy atom. The SMILES string of the molecule is O=[SH](=O)N(c1ccc(C(F)F)cc1)c1ccccc1N1CCN(c2ccc(Cl)cc2F)CC1. The van der Waals surface area contributed by atoms with Crippen LogP contribution < -0.4 is 14.1 Å². The molecule has 0 saturated carbocycles. The van der Waals surface area contributed by atoms with Crippen molar-refractivity contribution in [2.45, 2.75) is 6.43 Å². The van der Waals surface area contributed by atoms with Gasteiger partial charge in [0.15, 0.2) is 0 Å². The van der Waals surface area contributed by atoms with Gasteiger partial charge in [0.05, 0.1) is 22.7 Å². The van der Waals surface area contributed by atoms with Gasteiger partial charge in [0.1, 0.15) is 5.82 Å². The molecule has 4 rings (SSSR count). The van der Waals surface area contributed by atoms with Crippen molar-refractivity contribution >= 4 is 45.2 Å². The number of para-hydroxylation sites is 2. The summed E-state index contributed by atoms with van der Waals surface area (Å²) >= 11 is 5.85. The van der Waals surface area contributed by atoms with Crippen LogP contribution in [0.2, 0.25) is 5.02 Å². The quantitative estimate of drug-likeness (QED) is 0.465. The van der Waals surface area contributed by atoms with Gasteiger partial charge < -0.3 is 9.80 Å². The lowest BCUT2D eigenvalue weighted by Gasteiger charge is -2.38. The molecule has 0 aromatic heterocycles. The van der Waals surface area contributed by atoms with E-state index in [1.54, 1.807) is 30.3 Å². The van der Waals surface area contributed by atoms with Crippen molar-refractivity contribution in [3.05, 3.63) is 83.1 Å². The molecule has 0 unspecified atom stereocenters. The topological polar surface area (TPSA) is 43.9 Å². The van der Waals surface area contributed by atoms with Gasteiger partial charge in [-0.2, -0.15) is 0 Å². The van der Waals surface area contributed by atoms with E-state index >= 15 is 0 Å². The van der Waals surface area contributed by atoms with Crippen molar-refractivity contribution in [1.29, 1.82) is 0 Å². The molecule has 10 heteroatoms. The maximum absolute atomic E-state index is 14.3. The summed E-state index contributed by atoms with van der Waals surface area (Å²) in [5.41, 5.74) is 1.66. The molecule has 0 spiro atoms. The lowest BCUT2D eigenvalue weighted by Crippen LogP contribution is -2.47. The van der Waals surface area contributed by atoms with Crippen molar-refractivity contribution < 1.29 is 21.6 Å². The van der Waals surface area contributed by atoms with Crippen molar-refractivity contribution in [3.8, 4) is 0 Å². The van der Waals surface area contributed by atoms with Crippen molar-refractivity contribution in [2.24, 2.45) is 0 Å². The Hall–Kier alpha value is -2.91. The van der Waals surface area contributed by atoms with Crippen molar-refractivity contribution in [3.63, 3.8) is 0 Å². The second kappa shape index (κ2) is 9.93. The van der Waals surface area contributed by atoms with Gasteiger partial charge in [-0.15, -0.1) is 0 Å². The van der Waals surface area contributed by atoms with Crippen LogP contribution in [0.15, 0.2) is 66.7 Å². The number of anilines is 4. The van der Waals surface area contributed by atoms with Crippen LogP contribution in [0.5, 0.6) is 0 Å². The maximum atomic E-state index is 14.3. The number of nitrogens with zero attached hydrogens (tertiary/aromatic N) is 3. The number of halogens is 4. The van der Waals surface area contributed by atoms with Crippen LogP contribution in [0.25, 0.3) is 0 Å². The summed E-state index contributed by atoms with van der Waals surface area (Å²) < 4.78 is 65.6. The zero-order valence-electron chi connectivity index (χ0n) is 17.4. The van der Waals surface area contributed by atoms with E-state index in [0.717, 1.165) is 4.31 Å². The van der Waals surface area contributed by atoms with Gasteiger partial charge in [-0.1, -0.05) is 35.9 Å². The molecule has 1 aliphatic rings. The molecule has 0 aliphatic carbocycles. The monoisotopic (exact) mass is 495 g/mol. The minimum atomic E-state index is -3.08. The summed E-state index contributed by atoms with van der Waals surface area (Å²) in [4.78, 5) is 3.94. The highest BCUT2D eigenvalue weighted by atomic mass is 35.5. The van der Waals surface area contributed by atoms with Crippen LogP contribution in [0.3, 0.4) is 0 Å². The lowest BCUT2D eigenvalue weighted by molar-refractivity contribution is 0.151. The van der Waals surface area contributed by atoms with Gasteiger partial charge >= 0.3 is 0 Å². The van der Waals surface area contributed by atoms with E-state index in [-0.39, 0.29) is 11.3 Å². The van der Waals surface area contributed by atoms with Gasteiger partial charge in [-0.05, 0) is 42.5 Å². The van der Waals surface area contributed by atoms with Crippen LogP contribution in [-0.2, 0) is 10.9 Å². The van der Waals surface area contributed by atoms with E-state index in [2.05, 4.69) is 0 Å². The fraction of sp³-hybridized carbons (Fsp3) is 0.217. The number of rotatable bonds is 6. The van der Waals surface area contributed by atoms with E-state index in [4.69, 9.17) is 11.6 Å². The highest BCUT2D eigenvalue weighted by Gasteiger charge is 2.24. The number of thiol groups is 1. The number of alkyl halides is 2. The molecule has 0 atom stereocenters. The molecule has 33 heavy (non-hydrogen) atoms. The summed E-state index contributed by atoms with van der Waals surface area (Å²) in [7, 11) is -3.08. The summed E-state index contributed by atoms with van der Waals surface area (Å²) in [6.07, 6.45) is -2.64. The molecule has 3 aromatic carbocycles. The zero-order valence-corrected chi connectivity index (χ0v) is 19.0. The minimum absolute atomic E-state index is 0.182. The molecule has 1 fully saturated rings. The van der Waals surface area contributed by atoms with Crippen LogP contribution in [0, 0.1) is 5.82 Å². The van der Waals surface area contributed by atoms with Crippen molar-refractivity contribution in [2.75, 3.05) is 40.3 Å². The highest BCUT2D eigenvalue weighted by Crippen LogP contribution is 2.36. The van der Waals surface area contributed by atoms with E-state index < -0.39 is 23.1 Å². The normalized spacial score (nSPS) is 14.2. The van der Waals surface area contributed by atoms with Gasteiger partial charge in [-0.25, -0.2) is 25.9 Å².